The molecule has 7 heteroatoms. The monoisotopic (exact) mass is 305 g/mol. The number of hydrogen-bond donors (Lipinski definition) is 0. The first kappa shape index (κ1) is 15.1. The van der Waals surface area contributed by atoms with Gasteiger partial charge in [-0.1, -0.05) is 6.07 Å². The van der Waals surface area contributed by atoms with E-state index in [-0.39, 0.29) is 17.3 Å². The summed E-state index contributed by atoms with van der Waals surface area (Å²) in [6.45, 7) is 2.71. The van der Waals surface area contributed by atoms with Crippen LogP contribution in [0, 0.1) is 11.3 Å². The zero-order valence-electron chi connectivity index (χ0n) is 11.6. The van der Waals surface area contributed by atoms with E-state index in [9.17, 15) is 8.42 Å². The van der Waals surface area contributed by atoms with Gasteiger partial charge in [-0.3, -0.25) is 4.68 Å². The van der Waals surface area contributed by atoms with Crippen molar-refractivity contribution in [3.05, 3.63) is 42.2 Å². The molecule has 0 amide bonds. The lowest BCUT2D eigenvalue weighted by Crippen LogP contribution is -2.14. The molecule has 0 spiro atoms. The molecule has 0 aliphatic heterocycles. The SMILES string of the molecule is CCn1cc(OCCS(=O)(=O)c2cccc(C#N)c2)cn1. The molecule has 0 saturated heterocycles. The second kappa shape index (κ2) is 6.41. The van der Waals surface area contributed by atoms with Crippen LogP contribution < -0.4 is 4.74 Å². The molecule has 2 rings (SSSR count). The van der Waals surface area contributed by atoms with Gasteiger partial charge in [0.2, 0.25) is 0 Å². The highest BCUT2D eigenvalue weighted by molar-refractivity contribution is 7.91. The van der Waals surface area contributed by atoms with E-state index in [0.29, 0.717) is 11.3 Å². The van der Waals surface area contributed by atoms with Gasteiger partial charge in [-0.05, 0) is 25.1 Å². The third-order valence-corrected chi connectivity index (χ3v) is 4.55. The van der Waals surface area contributed by atoms with Crippen LogP contribution in [-0.4, -0.2) is 30.6 Å². The Hall–Kier alpha value is -2.33. The molecule has 0 unspecified atom stereocenters. The van der Waals surface area contributed by atoms with Crippen molar-refractivity contribution in [1.82, 2.24) is 9.78 Å². The predicted octanol–water partition coefficient (Wildman–Crippen LogP) is 1.63. The maximum absolute atomic E-state index is 12.1. The molecule has 1 aromatic carbocycles. The van der Waals surface area contributed by atoms with Gasteiger partial charge in [0.25, 0.3) is 0 Å². The number of aromatic nitrogens is 2. The molecule has 0 aliphatic rings. The second-order valence-electron chi connectivity index (χ2n) is 4.34. The van der Waals surface area contributed by atoms with E-state index in [1.165, 1.54) is 12.1 Å². The van der Waals surface area contributed by atoms with Crippen LogP contribution in [0.5, 0.6) is 5.75 Å². The lowest BCUT2D eigenvalue weighted by Gasteiger charge is -2.06. The van der Waals surface area contributed by atoms with E-state index in [1.807, 2.05) is 13.0 Å². The Bertz CT molecular complexity index is 760. The summed E-state index contributed by atoms with van der Waals surface area (Å²) in [6, 6.07) is 7.88. The first-order valence-electron chi connectivity index (χ1n) is 6.43. The third kappa shape index (κ3) is 3.83. The molecule has 1 heterocycles. The van der Waals surface area contributed by atoms with Gasteiger partial charge in [-0.25, -0.2) is 8.42 Å². The van der Waals surface area contributed by atoms with E-state index in [0.717, 1.165) is 6.54 Å². The van der Waals surface area contributed by atoms with Gasteiger partial charge < -0.3 is 4.74 Å². The summed E-state index contributed by atoms with van der Waals surface area (Å²) >= 11 is 0. The summed E-state index contributed by atoms with van der Waals surface area (Å²) in [6.07, 6.45) is 3.26. The molecular weight excluding hydrogens is 290 g/mol. The summed E-state index contributed by atoms with van der Waals surface area (Å²) < 4.78 is 31.4. The summed E-state index contributed by atoms with van der Waals surface area (Å²) in [5.41, 5.74) is 0.321. The first-order valence-corrected chi connectivity index (χ1v) is 8.08. The Morgan fingerprint density at radius 3 is 2.90 bits per heavy atom. The van der Waals surface area contributed by atoms with Crippen LogP contribution in [0.1, 0.15) is 12.5 Å². The molecule has 0 N–H and O–H groups in total. The number of sulfone groups is 1. The Morgan fingerprint density at radius 2 is 2.24 bits per heavy atom. The van der Waals surface area contributed by atoms with E-state index in [4.69, 9.17) is 10.00 Å². The van der Waals surface area contributed by atoms with Crippen LogP contribution in [0.2, 0.25) is 0 Å². The topological polar surface area (TPSA) is 85.0 Å². The Labute approximate surface area is 123 Å². The molecule has 0 fully saturated rings. The quantitative estimate of drug-likeness (QED) is 0.809. The highest BCUT2D eigenvalue weighted by Crippen LogP contribution is 2.14. The van der Waals surface area contributed by atoms with Gasteiger partial charge in [0.15, 0.2) is 15.6 Å². The van der Waals surface area contributed by atoms with E-state index >= 15 is 0 Å². The number of ether oxygens (including phenoxy) is 1. The van der Waals surface area contributed by atoms with Gasteiger partial charge in [0, 0.05) is 6.54 Å². The molecule has 0 saturated carbocycles. The van der Waals surface area contributed by atoms with Crippen LogP contribution in [-0.2, 0) is 16.4 Å². The minimum atomic E-state index is -3.47. The molecule has 0 aliphatic carbocycles. The maximum Gasteiger partial charge on any atom is 0.181 e. The Kier molecular flexibility index (Phi) is 4.60. The average Bonchev–Trinajstić information content (AvgIpc) is 2.95. The smallest absolute Gasteiger partial charge is 0.181 e. The fourth-order valence-electron chi connectivity index (χ4n) is 1.74. The van der Waals surface area contributed by atoms with E-state index in [2.05, 4.69) is 5.10 Å². The largest absolute Gasteiger partial charge is 0.489 e. The highest BCUT2D eigenvalue weighted by Gasteiger charge is 2.15. The number of aryl methyl sites for hydroxylation is 1. The molecule has 0 bridgehead atoms. The zero-order valence-corrected chi connectivity index (χ0v) is 12.4. The van der Waals surface area contributed by atoms with Gasteiger partial charge in [0.05, 0.1) is 34.7 Å². The Balaban J connectivity index is 1.99. The molecular formula is C14H15N3O3S. The maximum atomic E-state index is 12.1. The minimum Gasteiger partial charge on any atom is -0.489 e. The molecule has 2 aromatic rings. The van der Waals surface area contributed by atoms with E-state index < -0.39 is 9.84 Å². The first-order chi connectivity index (χ1) is 10.0. The summed E-state index contributed by atoms with van der Waals surface area (Å²) in [5.74, 6) is 0.386. The molecule has 0 radical (unpaired) electrons. The van der Waals surface area contributed by atoms with Crippen molar-refractivity contribution in [3.8, 4) is 11.8 Å². The van der Waals surface area contributed by atoms with Crippen molar-refractivity contribution >= 4 is 9.84 Å². The Morgan fingerprint density at radius 1 is 1.43 bits per heavy atom. The van der Waals surface area contributed by atoms with Crippen molar-refractivity contribution in [3.63, 3.8) is 0 Å². The van der Waals surface area contributed by atoms with Crippen LogP contribution in [0.15, 0.2) is 41.6 Å². The minimum absolute atomic E-state index is 0.0362. The predicted molar refractivity (Wildman–Crippen MR) is 76.6 cm³/mol. The van der Waals surface area contributed by atoms with Gasteiger partial charge >= 0.3 is 0 Å². The van der Waals surface area contributed by atoms with Crippen molar-refractivity contribution in [2.45, 2.75) is 18.4 Å². The molecule has 1 aromatic heterocycles. The van der Waals surface area contributed by atoms with Crippen molar-refractivity contribution < 1.29 is 13.2 Å². The van der Waals surface area contributed by atoms with Crippen LogP contribution in [0.4, 0.5) is 0 Å². The summed E-state index contributed by atoms with van der Waals surface area (Å²) in [5, 5.41) is 12.8. The van der Waals surface area contributed by atoms with Crippen LogP contribution in [0.25, 0.3) is 0 Å². The van der Waals surface area contributed by atoms with Gasteiger partial charge in [-0.15, -0.1) is 0 Å². The second-order valence-corrected chi connectivity index (χ2v) is 6.45. The normalized spacial score (nSPS) is 11.0. The number of rotatable bonds is 6. The van der Waals surface area contributed by atoms with E-state index in [1.54, 1.807) is 29.2 Å². The van der Waals surface area contributed by atoms with Crippen LogP contribution >= 0.6 is 0 Å². The average molecular weight is 305 g/mol. The van der Waals surface area contributed by atoms with Crippen molar-refractivity contribution in [2.75, 3.05) is 12.4 Å². The standard InChI is InChI=1S/C14H15N3O3S/c1-2-17-11-13(10-16-17)20-6-7-21(18,19)14-5-3-4-12(8-14)9-15/h3-5,8,10-11H,2,6-7H2,1H3. The molecule has 110 valence electrons. The van der Waals surface area contributed by atoms with Gasteiger partial charge in [-0.2, -0.15) is 10.4 Å². The lowest BCUT2D eigenvalue weighted by atomic mass is 10.2. The van der Waals surface area contributed by atoms with Crippen molar-refractivity contribution in [2.24, 2.45) is 0 Å². The van der Waals surface area contributed by atoms with Crippen LogP contribution in [0.3, 0.4) is 0 Å². The zero-order chi connectivity index (χ0) is 15.3. The number of nitriles is 1. The number of hydrogen-bond acceptors (Lipinski definition) is 5. The highest BCUT2D eigenvalue weighted by atomic mass is 32.2. The van der Waals surface area contributed by atoms with Gasteiger partial charge in [0.1, 0.15) is 6.61 Å². The summed E-state index contributed by atoms with van der Waals surface area (Å²) in [4.78, 5) is 0.134. The fraction of sp³-hybridized carbons (Fsp3) is 0.286. The lowest BCUT2D eigenvalue weighted by molar-refractivity contribution is 0.340. The fourth-order valence-corrected chi connectivity index (χ4v) is 2.87. The molecule has 21 heavy (non-hydrogen) atoms. The number of nitrogens with zero attached hydrogens (tertiary/aromatic N) is 3. The molecule has 0 atom stereocenters. The van der Waals surface area contributed by atoms with Crippen molar-refractivity contribution in [1.29, 1.82) is 5.26 Å². The third-order valence-electron chi connectivity index (χ3n) is 2.88. The number of benzene rings is 1. The molecule has 6 nitrogen and oxygen atoms in total. The summed E-state index contributed by atoms with van der Waals surface area (Å²) in [7, 11) is -3.47.